The first kappa shape index (κ1) is 25.3. The Balaban J connectivity index is 1.49. The molecular formula is C29H30N2O7. The van der Waals surface area contributed by atoms with Crippen LogP contribution in [0.5, 0.6) is 28.7 Å². The van der Waals surface area contributed by atoms with Crippen LogP contribution < -0.4 is 29.0 Å². The molecule has 0 fully saturated rings. The molecule has 0 aromatic heterocycles. The quantitative estimate of drug-likeness (QED) is 0.511. The number of amides is 2. The minimum absolute atomic E-state index is 0.216. The molecule has 198 valence electrons. The van der Waals surface area contributed by atoms with Crippen molar-refractivity contribution in [1.29, 1.82) is 0 Å². The van der Waals surface area contributed by atoms with Crippen LogP contribution in [0.15, 0.2) is 60.7 Å². The number of benzene rings is 3. The normalized spacial score (nSPS) is 19.8. The van der Waals surface area contributed by atoms with E-state index in [0.29, 0.717) is 46.5 Å². The zero-order valence-electron chi connectivity index (χ0n) is 21.7. The first-order valence-corrected chi connectivity index (χ1v) is 12.3. The maximum Gasteiger partial charge on any atom is 0.254 e. The van der Waals surface area contributed by atoms with E-state index in [2.05, 4.69) is 5.32 Å². The Kier molecular flexibility index (Phi) is 7.00. The molecule has 0 saturated carbocycles. The second-order valence-corrected chi connectivity index (χ2v) is 9.15. The van der Waals surface area contributed by atoms with Crippen LogP contribution in [0, 0.1) is 0 Å². The zero-order chi connectivity index (χ0) is 26.8. The van der Waals surface area contributed by atoms with Gasteiger partial charge in [-0.05, 0) is 47.5 Å². The SMILES string of the molecule is COc1ccc([C@@H]2[C@@H](C(=O)NC[C@@H]3COc4ccccc4O3)c3cc(OC)c(OC)cc3C(=O)N2C)cc1. The Labute approximate surface area is 221 Å². The number of carbonyl (C=O) groups is 2. The molecule has 1 N–H and O–H groups in total. The highest BCUT2D eigenvalue weighted by atomic mass is 16.6. The van der Waals surface area contributed by atoms with Crippen molar-refractivity contribution in [2.75, 3.05) is 41.5 Å². The minimum Gasteiger partial charge on any atom is -0.497 e. The Bertz CT molecular complexity index is 1340. The number of nitrogens with one attached hydrogen (secondary N) is 1. The van der Waals surface area contributed by atoms with E-state index < -0.39 is 12.0 Å². The van der Waals surface area contributed by atoms with Crippen molar-refractivity contribution < 1.29 is 33.3 Å². The first-order valence-electron chi connectivity index (χ1n) is 12.3. The lowest BCUT2D eigenvalue weighted by molar-refractivity contribution is -0.124. The summed E-state index contributed by atoms with van der Waals surface area (Å²) in [5.41, 5.74) is 1.75. The fourth-order valence-corrected chi connectivity index (χ4v) is 5.04. The van der Waals surface area contributed by atoms with Gasteiger partial charge in [-0.3, -0.25) is 9.59 Å². The van der Waals surface area contributed by atoms with Crippen molar-refractivity contribution in [3.63, 3.8) is 0 Å². The summed E-state index contributed by atoms with van der Waals surface area (Å²) in [6.45, 7) is 0.545. The number of para-hydroxylation sites is 2. The first-order chi connectivity index (χ1) is 18.4. The fraction of sp³-hybridized carbons (Fsp3) is 0.310. The molecule has 3 aromatic rings. The number of methoxy groups -OCH3 is 3. The van der Waals surface area contributed by atoms with Gasteiger partial charge in [0.05, 0.1) is 39.8 Å². The summed E-state index contributed by atoms with van der Waals surface area (Å²) in [7, 11) is 6.32. The molecule has 0 unspecified atom stereocenters. The largest absolute Gasteiger partial charge is 0.497 e. The summed E-state index contributed by atoms with van der Waals surface area (Å²) in [5.74, 6) is 1.67. The number of fused-ring (bicyclic) bond motifs is 2. The van der Waals surface area contributed by atoms with Crippen LogP contribution in [0.1, 0.15) is 33.4 Å². The van der Waals surface area contributed by atoms with E-state index in [4.69, 9.17) is 23.7 Å². The summed E-state index contributed by atoms with van der Waals surface area (Å²) in [4.78, 5) is 29.0. The third-order valence-corrected chi connectivity index (χ3v) is 6.99. The van der Waals surface area contributed by atoms with Crippen LogP contribution in [0.2, 0.25) is 0 Å². The van der Waals surface area contributed by atoms with Crippen LogP contribution in [-0.2, 0) is 4.79 Å². The molecule has 0 aliphatic carbocycles. The van der Waals surface area contributed by atoms with E-state index in [1.165, 1.54) is 14.2 Å². The monoisotopic (exact) mass is 518 g/mol. The van der Waals surface area contributed by atoms with Gasteiger partial charge in [-0.15, -0.1) is 0 Å². The molecule has 3 aromatic carbocycles. The summed E-state index contributed by atoms with van der Waals surface area (Å²) in [6.07, 6.45) is -0.360. The molecule has 0 saturated heterocycles. The molecule has 3 atom stereocenters. The third-order valence-electron chi connectivity index (χ3n) is 6.99. The summed E-state index contributed by atoms with van der Waals surface area (Å²) in [6, 6.07) is 17.6. The highest BCUT2D eigenvalue weighted by molar-refractivity contribution is 6.02. The van der Waals surface area contributed by atoms with E-state index in [-0.39, 0.29) is 24.5 Å². The summed E-state index contributed by atoms with van der Waals surface area (Å²) < 4.78 is 28.1. The molecule has 2 aliphatic heterocycles. The molecule has 2 heterocycles. The number of ether oxygens (including phenoxy) is 5. The number of carbonyl (C=O) groups excluding carboxylic acids is 2. The van der Waals surface area contributed by atoms with Gasteiger partial charge in [0, 0.05) is 12.6 Å². The Morgan fingerprint density at radius 3 is 2.34 bits per heavy atom. The summed E-state index contributed by atoms with van der Waals surface area (Å²) in [5, 5.41) is 3.04. The van der Waals surface area contributed by atoms with Crippen molar-refractivity contribution in [1.82, 2.24) is 10.2 Å². The topological polar surface area (TPSA) is 95.6 Å². The Morgan fingerprint density at radius 2 is 1.66 bits per heavy atom. The second kappa shape index (κ2) is 10.5. The second-order valence-electron chi connectivity index (χ2n) is 9.15. The number of hydrogen-bond donors (Lipinski definition) is 1. The van der Waals surface area contributed by atoms with E-state index in [1.807, 2.05) is 48.5 Å². The van der Waals surface area contributed by atoms with Gasteiger partial charge in [0.25, 0.3) is 5.91 Å². The smallest absolute Gasteiger partial charge is 0.254 e. The highest BCUT2D eigenvalue weighted by Crippen LogP contribution is 2.45. The summed E-state index contributed by atoms with van der Waals surface area (Å²) >= 11 is 0. The maximum atomic E-state index is 13.9. The third kappa shape index (κ3) is 4.55. The average molecular weight is 519 g/mol. The minimum atomic E-state index is -0.724. The van der Waals surface area contributed by atoms with Crippen LogP contribution in [0.4, 0.5) is 0 Å². The molecule has 2 aliphatic rings. The van der Waals surface area contributed by atoms with Crippen LogP contribution >= 0.6 is 0 Å². The van der Waals surface area contributed by atoms with Crippen LogP contribution in [0.3, 0.4) is 0 Å². The highest BCUT2D eigenvalue weighted by Gasteiger charge is 2.43. The van der Waals surface area contributed by atoms with Gasteiger partial charge in [0.15, 0.2) is 23.0 Å². The number of hydrogen-bond acceptors (Lipinski definition) is 7. The molecule has 0 radical (unpaired) electrons. The van der Waals surface area contributed by atoms with E-state index in [0.717, 1.165) is 5.56 Å². The van der Waals surface area contributed by atoms with E-state index in [1.54, 1.807) is 31.2 Å². The Morgan fingerprint density at radius 1 is 0.974 bits per heavy atom. The predicted octanol–water partition coefficient (Wildman–Crippen LogP) is 3.58. The lowest BCUT2D eigenvalue weighted by atomic mass is 9.79. The van der Waals surface area contributed by atoms with Gasteiger partial charge in [-0.25, -0.2) is 0 Å². The van der Waals surface area contributed by atoms with Crippen molar-refractivity contribution in [2.45, 2.75) is 18.1 Å². The average Bonchev–Trinajstić information content (AvgIpc) is 2.96. The van der Waals surface area contributed by atoms with E-state index >= 15 is 0 Å². The number of rotatable bonds is 7. The maximum absolute atomic E-state index is 13.9. The van der Waals surface area contributed by atoms with Gasteiger partial charge in [-0.2, -0.15) is 0 Å². The lowest BCUT2D eigenvalue weighted by Gasteiger charge is -2.40. The fourth-order valence-electron chi connectivity index (χ4n) is 5.04. The number of nitrogens with zero attached hydrogens (tertiary/aromatic N) is 1. The van der Waals surface area contributed by atoms with Crippen molar-refractivity contribution in [3.8, 4) is 28.7 Å². The van der Waals surface area contributed by atoms with Crippen molar-refractivity contribution in [2.24, 2.45) is 0 Å². The molecule has 0 bridgehead atoms. The van der Waals surface area contributed by atoms with Gasteiger partial charge < -0.3 is 33.9 Å². The Hall–Kier alpha value is -4.40. The van der Waals surface area contributed by atoms with Crippen LogP contribution in [0.25, 0.3) is 0 Å². The molecule has 2 amide bonds. The molecule has 38 heavy (non-hydrogen) atoms. The standard InChI is InChI=1S/C29H30N2O7/c1-31-27(17-9-11-18(34-2)12-10-17)26(20-13-24(35-3)25(36-4)14-21(20)29(31)33)28(32)30-15-19-16-37-22-7-5-6-8-23(22)38-19/h5-14,19,26-27H,15-16H2,1-4H3,(H,30,32)/t19-,26+,27-/m1/s1. The molecule has 9 heteroatoms. The predicted molar refractivity (Wildman–Crippen MR) is 139 cm³/mol. The molecule has 5 rings (SSSR count). The molecule has 0 spiro atoms. The lowest BCUT2D eigenvalue weighted by Crippen LogP contribution is -2.48. The molecule has 9 nitrogen and oxygen atoms in total. The van der Waals surface area contributed by atoms with Gasteiger partial charge in [0.2, 0.25) is 5.91 Å². The van der Waals surface area contributed by atoms with Crippen molar-refractivity contribution >= 4 is 11.8 Å². The van der Waals surface area contributed by atoms with Gasteiger partial charge >= 0.3 is 0 Å². The van der Waals surface area contributed by atoms with Gasteiger partial charge in [0.1, 0.15) is 18.5 Å². The van der Waals surface area contributed by atoms with Crippen LogP contribution in [-0.4, -0.2) is 64.3 Å². The van der Waals surface area contributed by atoms with Gasteiger partial charge in [-0.1, -0.05) is 24.3 Å². The van der Waals surface area contributed by atoms with E-state index in [9.17, 15) is 9.59 Å². The number of likely N-dealkylation sites (N-methyl/N-ethyl adjacent to an activating group) is 1. The zero-order valence-corrected chi connectivity index (χ0v) is 21.7. The molecular weight excluding hydrogens is 488 g/mol. The van der Waals surface area contributed by atoms with Crippen molar-refractivity contribution in [3.05, 3.63) is 77.4 Å².